The molecule has 0 aliphatic rings. The van der Waals surface area contributed by atoms with Crippen LogP contribution in [0.4, 0.5) is 10.5 Å². The number of carbonyl (C=O) groups is 1. The molecular formula is C11H16BNO5. The van der Waals surface area contributed by atoms with E-state index in [9.17, 15) is 4.79 Å². The van der Waals surface area contributed by atoms with Crippen molar-refractivity contribution in [1.29, 1.82) is 0 Å². The van der Waals surface area contributed by atoms with Crippen molar-refractivity contribution in [1.82, 2.24) is 0 Å². The third-order valence-corrected chi connectivity index (χ3v) is 1.66. The first-order chi connectivity index (χ1) is 8.67. The lowest BCUT2D eigenvalue weighted by atomic mass is 10.2. The van der Waals surface area contributed by atoms with Crippen molar-refractivity contribution in [3.05, 3.63) is 24.2 Å². The zero-order valence-electron chi connectivity index (χ0n) is 11.4. The Balaban J connectivity index is 2.71. The molecule has 0 unspecified atom stereocenters. The Labute approximate surface area is 107 Å². The minimum Gasteiger partial charge on any atom is -0.512 e. The van der Waals surface area contributed by atoms with Crippen LogP contribution < -0.4 is 9.97 Å². The van der Waals surface area contributed by atoms with Gasteiger partial charge >= 0.3 is 13.4 Å². The SMILES string of the molecule is [2H]c1cc(NC(=O)OC(C)(C)C)ccc1OB(O)O. The molecule has 0 saturated carbocycles. The fourth-order valence-electron chi connectivity index (χ4n) is 1.10. The Hall–Kier alpha value is -1.73. The van der Waals surface area contributed by atoms with E-state index in [4.69, 9.17) is 16.2 Å². The molecule has 7 heteroatoms. The molecule has 98 valence electrons. The van der Waals surface area contributed by atoms with E-state index in [0.717, 1.165) is 0 Å². The first-order valence-corrected chi connectivity index (χ1v) is 5.31. The van der Waals surface area contributed by atoms with Crippen LogP contribution in [0.5, 0.6) is 5.75 Å². The maximum absolute atomic E-state index is 11.5. The minimum atomic E-state index is -1.99. The number of carbonyl (C=O) groups excluding carboxylic acids is 1. The lowest BCUT2D eigenvalue weighted by Crippen LogP contribution is -2.27. The largest absolute Gasteiger partial charge is 0.707 e. The molecule has 1 amide bonds. The van der Waals surface area contributed by atoms with Gasteiger partial charge in [0.2, 0.25) is 0 Å². The summed E-state index contributed by atoms with van der Waals surface area (Å²) in [5.74, 6) is -0.00950. The van der Waals surface area contributed by atoms with Crippen molar-refractivity contribution >= 4 is 19.1 Å². The van der Waals surface area contributed by atoms with Gasteiger partial charge < -0.3 is 19.4 Å². The molecule has 0 aliphatic carbocycles. The lowest BCUT2D eigenvalue weighted by molar-refractivity contribution is 0.0636. The number of benzene rings is 1. The second kappa shape index (κ2) is 5.75. The molecule has 0 aliphatic heterocycles. The number of hydrogen-bond acceptors (Lipinski definition) is 5. The Morgan fingerprint density at radius 2 is 2.06 bits per heavy atom. The highest BCUT2D eigenvalue weighted by Crippen LogP contribution is 2.17. The maximum Gasteiger partial charge on any atom is 0.707 e. The van der Waals surface area contributed by atoms with Gasteiger partial charge in [-0.2, -0.15) is 0 Å². The minimum absolute atomic E-state index is 0.00950. The van der Waals surface area contributed by atoms with Crippen molar-refractivity contribution < 1.29 is 25.6 Å². The number of hydrogen-bond donors (Lipinski definition) is 3. The van der Waals surface area contributed by atoms with Gasteiger partial charge in [-0.3, -0.25) is 5.32 Å². The van der Waals surface area contributed by atoms with Crippen LogP contribution in [0.2, 0.25) is 0 Å². The first-order valence-electron chi connectivity index (χ1n) is 5.81. The number of ether oxygens (including phenoxy) is 1. The summed E-state index contributed by atoms with van der Waals surface area (Å²) < 4.78 is 17.2. The average Bonchev–Trinajstić information content (AvgIpc) is 2.18. The highest BCUT2D eigenvalue weighted by atomic mass is 16.6. The van der Waals surface area contributed by atoms with Crippen LogP contribution >= 0.6 is 0 Å². The van der Waals surface area contributed by atoms with E-state index in [1.54, 1.807) is 20.8 Å². The molecule has 18 heavy (non-hydrogen) atoms. The molecule has 0 heterocycles. The van der Waals surface area contributed by atoms with E-state index in [1.165, 1.54) is 18.2 Å². The summed E-state index contributed by atoms with van der Waals surface area (Å²) >= 11 is 0. The Kier molecular flexibility index (Phi) is 4.06. The van der Waals surface area contributed by atoms with Crippen LogP contribution in [0.15, 0.2) is 24.2 Å². The molecule has 0 atom stereocenters. The quantitative estimate of drug-likeness (QED) is 0.709. The van der Waals surface area contributed by atoms with Crippen molar-refractivity contribution in [2.24, 2.45) is 0 Å². The predicted molar refractivity (Wildman–Crippen MR) is 67.1 cm³/mol. The van der Waals surface area contributed by atoms with Gasteiger partial charge in [0.25, 0.3) is 0 Å². The Bertz CT molecular complexity index is 461. The van der Waals surface area contributed by atoms with Crippen molar-refractivity contribution in [3.63, 3.8) is 0 Å². The third kappa shape index (κ3) is 5.56. The molecule has 1 aromatic rings. The van der Waals surface area contributed by atoms with E-state index in [2.05, 4.69) is 9.97 Å². The van der Waals surface area contributed by atoms with Gasteiger partial charge in [0.05, 0.1) is 1.37 Å². The third-order valence-electron chi connectivity index (χ3n) is 1.66. The summed E-state index contributed by atoms with van der Waals surface area (Å²) in [6.45, 7) is 5.21. The normalized spacial score (nSPS) is 11.5. The Morgan fingerprint density at radius 1 is 1.39 bits per heavy atom. The summed E-state index contributed by atoms with van der Waals surface area (Å²) in [6, 6.07) is 4.01. The molecule has 0 saturated heterocycles. The van der Waals surface area contributed by atoms with Crippen LogP contribution in [0.1, 0.15) is 22.1 Å². The van der Waals surface area contributed by atoms with Gasteiger partial charge in [0.1, 0.15) is 11.4 Å². The second-order valence-electron chi connectivity index (χ2n) is 4.51. The van der Waals surface area contributed by atoms with E-state index in [1.807, 2.05) is 0 Å². The molecule has 1 aromatic carbocycles. The fourth-order valence-corrected chi connectivity index (χ4v) is 1.10. The van der Waals surface area contributed by atoms with Crippen LogP contribution in [0.3, 0.4) is 0 Å². The molecule has 3 N–H and O–H groups in total. The summed E-state index contributed by atoms with van der Waals surface area (Å²) in [5.41, 5.74) is -0.267. The van der Waals surface area contributed by atoms with Crippen molar-refractivity contribution in [2.75, 3.05) is 5.32 Å². The monoisotopic (exact) mass is 254 g/mol. The maximum atomic E-state index is 11.5. The average molecular weight is 254 g/mol. The smallest absolute Gasteiger partial charge is 0.512 e. The molecule has 6 nitrogen and oxygen atoms in total. The zero-order valence-corrected chi connectivity index (χ0v) is 10.4. The molecule has 0 aromatic heterocycles. The number of anilines is 1. The highest BCUT2D eigenvalue weighted by Gasteiger charge is 2.16. The van der Waals surface area contributed by atoms with Gasteiger partial charge in [-0.05, 0) is 45.0 Å². The van der Waals surface area contributed by atoms with Crippen LogP contribution in [0.25, 0.3) is 0 Å². The van der Waals surface area contributed by atoms with Gasteiger partial charge in [-0.25, -0.2) is 4.79 Å². The molecule has 1 rings (SSSR count). The van der Waals surface area contributed by atoms with Gasteiger partial charge in [-0.1, -0.05) is 0 Å². The van der Waals surface area contributed by atoms with Gasteiger partial charge in [0.15, 0.2) is 0 Å². The predicted octanol–water partition coefficient (Wildman–Crippen LogP) is 1.38. The second-order valence-corrected chi connectivity index (χ2v) is 4.51. The van der Waals surface area contributed by atoms with E-state index in [0.29, 0.717) is 5.69 Å². The van der Waals surface area contributed by atoms with Crippen LogP contribution in [0, 0.1) is 0 Å². The van der Waals surface area contributed by atoms with Gasteiger partial charge in [0, 0.05) is 5.69 Å². The fraction of sp³-hybridized carbons (Fsp3) is 0.364. The molecule has 0 radical (unpaired) electrons. The zero-order chi connectivity index (χ0) is 14.6. The van der Waals surface area contributed by atoms with Crippen molar-refractivity contribution in [3.8, 4) is 5.75 Å². The van der Waals surface area contributed by atoms with E-state index < -0.39 is 19.0 Å². The standard InChI is InChI=1S/C11H16BNO5/c1-11(2,3)17-10(14)13-8-4-6-9(7-5-8)18-12(15)16/h4-7,15-16H,1-3H3,(H,13,14)/i6D. The number of amides is 1. The lowest BCUT2D eigenvalue weighted by Gasteiger charge is -2.19. The summed E-state index contributed by atoms with van der Waals surface area (Å²) in [7, 11) is -1.99. The van der Waals surface area contributed by atoms with Crippen LogP contribution in [-0.2, 0) is 4.74 Å². The topological polar surface area (TPSA) is 88.0 Å². The molecule has 0 spiro atoms. The molecule has 0 fully saturated rings. The Morgan fingerprint density at radius 3 is 2.56 bits per heavy atom. The van der Waals surface area contributed by atoms with Crippen LogP contribution in [-0.4, -0.2) is 29.1 Å². The van der Waals surface area contributed by atoms with E-state index >= 15 is 0 Å². The summed E-state index contributed by atoms with van der Waals surface area (Å²) in [6.07, 6.45) is -0.636. The molecular weight excluding hydrogens is 237 g/mol. The first kappa shape index (κ1) is 12.7. The van der Waals surface area contributed by atoms with Gasteiger partial charge in [-0.15, -0.1) is 0 Å². The van der Waals surface area contributed by atoms with E-state index in [-0.39, 0.29) is 11.8 Å². The number of rotatable bonds is 3. The summed E-state index contributed by atoms with van der Waals surface area (Å²) in [5, 5.41) is 19.7. The highest BCUT2D eigenvalue weighted by molar-refractivity contribution is 6.33. The van der Waals surface area contributed by atoms with Crippen molar-refractivity contribution in [2.45, 2.75) is 26.4 Å². The molecule has 0 bridgehead atoms. The summed E-state index contributed by atoms with van der Waals surface area (Å²) in [4.78, 5) is 11.5. The number of nitrogens with one attached hydrogen (secondary N) is 1.